The Morgan fingerprint density at radius 1 is 1.40 bits per heavy atom. The maximum Gasteiger partial charge on any atom is 0.137 e. The zero-order chi connectivity index (χ0) is 14.9. The van der Waals surface area contributed by atoms with Gasteiger partial charge in [0.15, 0.2) is 0 Å². The molecule has 1 aliphatic heterocycles. The molecule has 20 heavy (non-hydrogen) atoms. The lowest BCUT2D eigenvalue weighted by molar-refractivity contribution is -0.120. The number of carbonyl (C=O) groups is 1. The number of fused-ring (bicyclic) bond motifs is 1. The standard InChI is InChI=1S/C17H23ClO2/c1-11(17(2,3)4)7-15(19)10-13-9-14(18)8-12-5-6-20-16(12)13/h8-9,11H,5-7,10H2,1-4H3. The minimum absolute atomic E-state index is 0.155. The molecular formula is C17H23ClO2. The highest BCUT2D eigenvalue weighted by atomic mass is 35.5. The molecule has 0 amide bonds. The van der Waals surface area contributed by atoms with E-state index < -0.39 is 0 Å². The second-order valence-electron chi connectivity index (χ2n) is 6.84. The van der Waals surface area contributed by atoms with E-state index in [2.05, 4.69) is 27.7 Å². The van der Waals surface area contributed by atoms with Crippen LogP contribution in [0.3, 0.4) is 0 Å². The van der Waals surface area contributed by atoms with Gasteiger partial charge < -0.3 is 4.74 Å². The normalized spacial score (nSPS) is 15.7. The Morgan fingerprint density at radius 2 is 2.10 bits per heavy atom. The van der Waals surface area contributed by atoms with Crippen LogP contribution in [-0.4, -0.2) is 12.4 Å². The lowest BCUT2D eigenvalue weighted by Crippen LogP contribution is -2.21. The summed E-state index contributed by atoms with van der Waals surface area (Å²) in [5, 5.41) is 0.695. The lowest BCUT2D eigenvalue weighted by atomic mass is 9.78. The summed E-state index contributed by atoms with van der Waals surface area (Å²) in [6.45, 7) is 9.34. The fourth-order valence-corrected chi connectivity index (χ4v) is 2.67. The van der Waals surface area contributed by atoms with Crippen LogP contribution in [0.2, 0.25) is 5.02 Å². The summed E-state index contributed by atoms with van der Waals surface area (Å²) < 4.78 is 5.65. The van der Waals surface area contributed by atoms with Crippen molar-refractivity contribution in [3.63, 3.8) is 0 Å². The van der Waals surface area contributed by atoms with Crippen molar-refractivity contribution in [1.29, 1.82) is 0 Å². The van der Waals surface area contributed by atoms with Crippen molar-refractivity contribution in [2.45, 2.75) is 47.0 Å². The Morgan fingerprint density at radius 3 is 2.75 bits per heavy atom. The Bertz CT molecular complexity index is 514. The maximum absolute atomic E-state index is 12.3. The van der Waals surface area contributed by atoms with Crippen molar-refractivity contribution in [3.8, 4) is 5.75 Å². The number of hydrogen-bond acceptors (Lipinski definition) is 2. The van der Waals surface area contributed by atoms with Crippen LogP contribution < -0.4 is 4.74 Å². The predicted octanol–water partition coefficient (Wildman–Crippen LogP) is 4.46. The van der Waals surface area contributed by atoms with Crippen molar-refractivity contribution in [3.05, 3.63) is 28.3 Å². The molecular weight excluding hydrogens is 272 g/mol. The first-order valence-electron chi connectivity index (χ1n) is 7.23. The average Bonchev–Trinajstić information content (AvgIpc) is 2.75. The highest BCUT2D eigenvalue weighted by molar-refractivity contribution is 6.30. The molecule has 0 bridgehead atoms. The number of hydrogen-bond donors (Lipinski definition) is 0. The number of benzene rings is 1. The molecule has 2 rings (SSSR count). The average molecular weight is 295 g/mol. The number of Topliss-reactive ketones (excluding diaryl/α,β-unsaturated/α-hetero) is 1. The van der Waals surface area contributed by atoms with Crippen LogP contribution in [-0.2, 0) is 17.6 Å². The first-order valence-corrected chi connectivity index (χ1v) is 7.61. The Labute approximate surface area is 126 Å². The molecule has 1 aromatic carbocycles. The molecule has 0 aliphatic carbocycles. The van der Waals surface area contributed by atoms with E-state index in [0.29, 0.717) is 30.4 Å². The molecule has 0 fully saturated rings. The molecule has 0 aromatic heterocycles. The quantitative estimate of drug-likeness (QED) is 0.819. The molecule has 1 atom stereocenters. The van der Waals surface area contributed by atoms with Crippen LogP contribution in [0.15, 0.2) is 12.1 Å². The summed E-state index contributed by atoms with van der Waals surface area (Å²) in [4.78, 5) is 12.3. The molecule has 1 aromatic rings. The van der Waals surface area contributed by atoms with Gasteiger partial charge in [-0.25, -0.2) is 0 Å². The van der Waals surface area contributed by atoms with E-state index in [9.17, 15) is 4.79 Å². The largest absolute Gasteiger partial charge is 0.493 e. The van der Waals surface area contributed by atoms with Gasteiger partial charge in [-0.1, -0.05) is 39.3 Å². The lowest BCUT2D eigenvalue weighted by Gasteiger charge is -2.26. The van der Waals surface area contributed by atoms with Crippen molar-refractivity contribution < 1.29 is 9.53 Å². The van der Waals surface area contributed by atoms with Gasteiger partial charge >= 0.3 is 0 Å². The van der Waals surface area contributed by atoms with Crippen molar-refractivity contribution in [2.24, 2.45) is 11.3 Å². The highest BCUT2D eigenvalue weighted by Gasteiger charge is 2.24. The van der Waals surface area contributed by atoms with Crippen LogP contribution in [0.1, 0.15) is 45.2 Å². The summed E-state index contributed by atoms with van der Waals surface area (Å²) in [6.07, 6.45) is 1.91. The van der Waals surface area contributed by atoms with E-state index in [1.165, 1.54) is 0 Å². The monoisotopic (exact) mass is 294 g/mol. The van der Waals surface area contributed by atoms with Crippen LogP contribution in [0.4, 0.5) is 0 Å². The van der Waals surface area contributed by atoms with Gasteiger partial charge in [-0.15, -0.1) is 0 Å². The summed E-state index contributed by atoms with van der Waals surface area (Å²) in [6, 6.07) is 3.81. The minimum atomic E-state index is 0.155. The van der Waals surface area contributed by atoms with Crippen molar-refractivity contribution in [1.82, 2.24) is 0 Å². The molecule has 0 saturated heterocycles. The van der Waals surface area contributed by atoms with E-state index in [1.54, 1.807) is 0 Å². The summed E-state index contributed by atoms with van der Waals surface area (Å²) in [5.41, 5.74) is 2.22. The molecule has 1 heterocycles. The SMILES string of the molecule is CC(CC(=O)Cc1cc(Cl)cc2c1OCC2)C(C)(C)C. The Kier molecular flexibility index (Phi) is 4.43. The van der Waals surface area contributed by atoms with Gasteiger partial charge in [0.1, 0.15) is 11.5 Å². The number of ether oxygens (including phenoxy) is 1. The Hall–Kier alpha value is -1.02. The molecule has 0 radical (unpaired) electrons. The van der Waals surface area contributed by atoms with Crippen LogP contribution in [0.5, 0.6) is 5.75 Å². The molecule has 0 N–H and O–H groups in total. The van der Waals surface area contributed by atoms with Gasteiger partial charge in [0.05, 0.1) is 6.61 Å². The van der Waals surface area contributed by atoms with Crippen LogP contribution >= 0.6 is 11.6 Å². The topological polar surface area (TPSA) is 26.3 Å². The van der Waals surface area contributed by atoms with Gasteiger partial charge in [0, 0.05) is 29.8 Å². The number of halogens is 1. The molecule has 1 aliphatic rings. The van der Waals surface area contributed by atoms with Gasteiger partial charge in [-0.3, -0.25) is 4.79 Å². The molecule has 0 saturated carbocycles. The highest BCUT2D eigenvalue weighted by Crippen LogP contribution is 2.34. The summed E-state index contributed by atoms with van der Waals surface area (Å²) in [5.74, 6) is 1.50. The van der Waals surface area contributed by atoms with Gasteiger partial charge in [-0.05, 0) is 29.0 Å². The second kappa shape index (κ2) is 5.77. The van der Waals surface area contributed by atoms with E-state index in [0.717, 1.165) is 23.3 Å². The molecule has 3 heteroatoms. The zero-order valence-electron chi connectivity index (χ0n) is 12.8. The molecule has 0 spiro atoms. The molecule has 1 unspecified atom stereocenters. The first-order chi connectivity index (χ1) is 9.27. The van der Waals surface area contributed by atoms with E-state index in [1.807, 2.05) is 12.1 Å². The van der Waals surface area contributed by atoms with E-state index in [-0.39, 0.29) is 11.2 Å². The number of carbonyl (C=O) groups excluding carboxylic acids is 1. The van der Waals surface area contributed by atoms with Gasteiger partial charge in [-0.2, -0.15) is 0 Å². The number of ketones is 1. The van der Waals surface area contributed by atoms with E-state index >= 15 is 0 Å². The molecule has 2 nitrogen and oxygen atoms in total. The first kappa shape index (κ1) is 15.4. The third kappa shape index (κ3) is 3.54. The van der Waals surface area contributed by atoms with Crippen LogP contribution in [0, 0.1) is 11.3 Å². The summed E-state index contributed by atoms with van der Waals surface area (Å²) in [7, 11) is 0. The van der Waals surface area contributed by atoms with Gasteiger partial charge in [0.2, 0.25) is 0 Å². The predicted molar refractivity (Wildman–Crippen MR) is 82.6 cm³/mol. The van der Waals surface area contributed by atoms with Crippen molar-refractivity contribution >= 4 is 17.4 Å². The maximum atomic E-state index is 12.3. The van der Waals surface area contributed by atoms with Crippen LogP contribution in [0.25, 0.3) is 0 Å². The number of rotatable bonds is 4. The summed E-state index contributed by atoms with van der Waals surface area (Å²) >= 11 is 6.12. The van der Waals surface area contributed by atoms with E-state index in [4.69, 9.17) is 16.3 Å². The minimum Gasteiger partial charge on any atom is -0.493 e. The van der Waals surface area contributed by atoms with Gasteiger partial charge in [0.25, 0.3) is 0 Å². The third-order valence-corrected chi connectivity index (χ3v) is 4.44. The fraction of sp³-hybridized carbons (Fsp3) is 0.588. The van der Waals surface area contributed by atoms with Crippen molar-refractivity contribution in [2.75, 3.05) is 6.61 Å². The Balaban J connectivity index is 2.09. The fourth-order valence-electron chi connectivity index (χ4n) is 2.41. The molecule has 110 valence electrons. The smallest absolute Gasteiger partial charge is 0.137 e. The zero-order valence-corrected chi connectivity index (χ0v) is 13.5. The second-order valence-corrected chi connectivity index (χ2v) is 7.27. The third-order valence-electron chi connectivity index (χ3n) is 4.23.